The third-order valence-electron chi connectivity index (χ3n) is 5.82. The Morgan fingerprint density at radius 1 is 1.00 bits per heavy atom. The van der Waals surface area contributed by atoms with Crippen molar-refractivity contribution >= 4 is 99.8 Å². The number of nitrogens with zero attached hydrogens (tertiary/aromatic N) is 1. The van der Waals surface area contributed by atoms with Gasteiger partial charge in [0.25, 0.3) is 5.91 Å². The molecule has 1 heterocycles. The maximum absolute atomic E-state index is 12.6. The van der Waals surface area contributed by atoms with Crippen LogP contribution in [0, 0.1) is 17.4 Å². The molecule has 1 aliphatic rings. The van der Waals surface area contributed by atoms with E-state index in [2.05, 4.69) is 95.1 Å². The summed E-state index contributed by atoms with van der Waals surface area (Å²) >= 11 is 10.8. The lowest BCUT2D eigenvalue weighted by atomic mass is 10.1. The quantitative estimate of drug-likeness (QED) is 0.164. The molecule has 1 aliphatic heterocycles. The van der Waals surface area contributed by atoms with Gasteiger partial charge in [-0.15, -0.1) is 0 Å². The van der Waals surface area contributed by atoms with Crippen LogP contribution in [0.4, 0.5) is 5.69 Å². The third-order valence-corrected chi connectivity index (χ3v) is 9.37. The number of fused-ring (bicyclic) bond motifs is 1. The van der Waals surface area contributed by atoms with Gasteiger partial charge in [-0.3, -0.25) is 4.79 Å². The topological polar surface area (TPSA) is 50.7 Å². The minimum absolute atomic E-state index is 0.155. The normalized spacial score (nSPS) is 15.5. The van der Waals surface area contributed by atoms with Gasteiger partial charge in [0.15, 0.2) is 5.17 Å². The first-order valence-electron chi connectivity index (χ1n) is 11.4. The lowest BCUT2D eigenvalue weighted by Crippen LogP contribution is -2.19. The third kappa shape index (κ3) is 6.13. The molecule has 4 aromatic rings. The molecule has 4 nitrogen and oxygen atoms in total. The zero-order chi connectivity index (χ0) is 26.1. The fourth-order valence-electron chi connectivity index (χ4n) is 4.02. The molecule has 1 N–H and O–H groups in total. The van der Waals surface area contributed by atoms with Crippen LogP contribution in [0.1, 0.15) is 22.3 Å². The number of hydrogen-bond donors (Lipinski definition) is 1. The average molecular weight is 748 g/mol. The van der Waals surface area contributed by atoms with E-state index in [0.717, 1.165) is 46.2 Å². The van der Waals surface area contributed by atoms with Gasteiger partial charge in [-0.05, 0) is 134 Å². The predicted molar refractivity (Wildman–Crippen MR) is 170 cm³/mol. The first kappa shape index (κ1) is 26.5. The average Bonchev–Trinajstić information content (AvgIpc) is 3.19. The Labute approximate surface area is 250 Å². The van der Waals surface area contributed by atoms with E-state index in [-0.39, 0.29) is 5.91 Å². The molecule has 0 atom stereocenters. The smallest absolute Gasteiger partial charge is 0.264 e. The Hall–Kier alpha value is -2.14. The van der Waals surface area contributed by atoms with Crippen LogP contribution in [0.5, 0.6) is 5.75 Å². The Morgan fingerprint density at radius 2 is 1.73 bits per heavy atom. The second-order valence-electron chi connectivity index (χ2n) is 8.66. The van der Waals surface area contributed by atoms with E-state index < -0.39 is 0 Å². The fraction of sp³-hybridized carbons (Fsp3) is 0.103. The summed E-state index contributed by atoms with van der Waals surface area (Å²) in [6.45, 7) is 4.52. The molecule has 4 aromatic carbocycles. The Bertz CT molecular complexity index is 1570. The van der Waals surface area contributed by atoms with Crippen LogP contribution in [-0.2, 0) is 11.4 Å². The van der Waals surface area contributed by atoms with Crippen molar-refractivity contribution in [2.75, 3.05) is 0 Å². The van der Waals surface area contributed by atoms with Gasteiger partial charge in [-0.2, -0.15) is 0 Å². The lowest BCUT2D eigenvalue weighted by Gasteiger charge is -2.12. The highest BCUT2D eigenvalue weighted by atomic mass is 127. The number of amides is 1. The molecule has 8 heteroatoms. The van der Waals surface area contributed by atoms with Crippen molar-refractivity contribution in [2.24, 2.45) is 4.99 Å². The first-order chi connectivity index (χ1) is 17.8. The zero-order valence-electron chi connectivity index (χ0n) is 19.9. The first-order valence-corrected chi connectivity index (χ1v) is 14.9. The summed E-state index contributed by atoms with van der Waals surface area (Å²) < 4.78 is 9.05. The molecule has 0 unspecified atom stereocenters. The Balaban J connectivity index is 1.32. The van der Waals surface area contributed by atoms with Crippen molar-refractivity contribution in [3.05, 3.63) is 106 Å². The molecule has 0 aromatic heterocycles. The summed E-state index contributed by atoms with van der Waals surface area (Å²) in [4.78, 5) is 17.9. The summed E-state index contributed by atoms with van der Waals surface area (Å²) in [5.41, 5.74) is 5.03. The van der Waals surface area contributed by atoms with E-state index in [4.69, 9.17) is 4.74 Å². The summed E-state index contributed by atoms with van der Waals surface area (Å²) in [5, 5.41) is 5.85. The van der Waals surface area contributed by atoms with E-state index in [1.807, 2.05) is 56.3 Å². The van der Waals surface area contributed by atoms with E-state index in [1.54, 1.807) is 0 Å². The number of aliphatic imine (C=N–C) groups is 1. The van der Waals surface area contributed by atoms with Crippen LogP contribution in [0.3, 0.4) is 0 Å². The fourth-order valence-corrected chi connectivity index (χ4v) is 6.86. The van der Waals surface area contributed by atoms with Gasteiger partial charge in [0.05, 0.1) is 18.6 Å². The number of thioether (sulfide) groups is 1. The zero-order valence-corrected chi connectivity index (χ0v) is 26.1. The van der Waals surface area contributed by atoms with Crippen molar-refractivity contribution in [2.45, 2.75) is 20.5 Å². The maximum atomic E-state index is 12.6. The van der Waals surface area contributed by atoms with Gasteiger partial charge in [0, 0.05) is 4.47 Å². The molecule has 1 saturated heterocycles. The Morgan fingerprint density at radius 3 is 2.46 bits per heavy atom. The summed E-state index contributed by atoms with van der Waals surface area (Å²) in [6, 6.07) is 22.6. The monoisotopic (exact) mass is 746 g/mol. The number of halogens is 3. The number of ether oxygens (including phenoxy) is 1. The number of amidine groups is 1. The number of nitrogens with one attached hydrogen (secondary N) is 1. The largest absolute Gasteiger partial charge is 0.487 e. The molecule has 0 bridgehead atoms. The number of benzene rings is 4. The summed E-state index contributed by atoms with van der Waals surface area (Å²) in [5.74, 6) is 0.625. The van der Waals surface area contributed by atoms with Crippen LogP contribution in [0.15, 0.2) is 85.6 Å². The molecule has 0 spiro atoms. The highest BCUT2D eigenvalue weighted by Gasteiger charge is 2.24. The minimum Gasteiger partial charge on any atom is -0.487 e. The second-order valence-corrected chi connectivity index (χ2v) is 12.5. The number of hydrogen-bond acceptors (Lipinski definition) is 4. The summed E-state index contributed by atoms with van der Waals surface area (Å²) in [7, 11) is 0. The molecular formula is C29H21Br2IN2O2S. The standard InChI is InChI=1S/C29H21Br2IN2O2S/c1-16-9-22(10-17(2)26(16)31)33-29-34-28(35)25(37-29)14-19-12-23(30)27(24(32)13-19)36-15-18-7-8-20-5-3-4-6-21(20)11-18/h3-14H,15H2,1-2H3,(H,33,34,35)/b25-14-. The van der Waals surface area contributed by atoms with E-state index in [1.165, 1.54) is 22.5 Å². The number of carbonyl (C=O) groups excluding carboxylic acids is 1. The molecule has 0 radical (unpaired) electrons. The van der Waals surface area contributed by atoms with Crippen molar-refractivity contribution in [3.63, 3.8) is 0 Å². The number of rotatable bonds is 5. The molecule has 37 heavy (non-hydrogen) atoms. The van der Waals surface area contributed by atoms with Crippen molar-refractivity contribution in [1.82, 2.24) is 5.32 Å². The lowest BCUT2D eigenvalue weighted by molar-refractivity contribution is -0.115. The molecule has 5 rings (SSSR count). The maximum Gasteiger partial charge on any atom is 0.264 e. The van der Waals surface area contributed by atoms with Gasteiger partial charge in [0.2, 0.25) is 0 Å². The van der Waals surface area contributed by atoms with Crippen molar-refractivity contribution < 1.29 is 9.53 Å². The summed E-state index contributed by atoms with van der Waals surface area (Å²) in [6.07, 6.45) is 1.88. The van der Waals surface area contributed by atoms with Crippen molar-refractivity contribution in [3.8, 4) is 5.75 Å². The van der Waals surface area contributed by atoms with E-state index in [0.29, 0.717) is 16.7 Å². The second kappa shape index (κ2) is 11.3. The highest BCUT2D eigenvalue weighted by molar-refractivity contribution is 14.1. The molecule has 1 fully saturated rings. The van der Waals surface area contributed by atoms with Crippen LogP contribution < -0.4 is 10.1 Å². The number of carbonyl (C=O) groups is 1. The Kier molecular flexibility index (Phi) is 8.09. The SMILES string of the molecule is Cc1cc(N=C2NC(=O)/C(=C/c3cc(Br)c(OCc4ccc5ccccc5c4)c(I)c3)S2)cc(C)c1Br. The van der Waals surface area contributed by atoms with Gasteiger partial charge in [-0.1, -0.05) is 52.3 Å². The number of aryl methyl sites for hydroxylation is 2. The van der Waals surface area contributed by atoms with Gasteiger partial charge < -0.3 is 10.1 Å². The van der Waals surface area contributed by atoms with Gasteiger partial charge in [-0.25, -0.2) is 4.99 Å². The molecule has 0 saturated carbocycles. The van der Waals surface area contributed by atoms with Crippen LogP contribution in [0.25, 0.3) is 16.8 Å². The van der Waals surface area contributed by atoms with Crippen LogP contribution in [0.2, 0.25) is 0 Å². The highest BCUT2D eigenvalue weighted by Crippen LogP contribution is 2.36. The van der Waals surface area contributed by atoms with E-state index in [9.17, 15) is 4.79 Å². The predicted octanol–water partition coefficient (Wildman–Crippen LogP) is 9.06. The van der Waals surface area contributed by atoms with E-state index >= 15 is 0 Å². The minimum atomic E-state index is -0.155. The molecular weight excluding hydrogens is 727 g/mol. The molecule has 186 valence electrons. The van der Waals surface area contributed by atoms with Gasteiger partial charge >= 0.3 is 0 Å². The van der Waals surface area contributed by atoms with Crippen molar-refractivity contribution in [1.29, 1.82) is 0 Å². The van der Waals surface area contributed by atoms with Crippen LogP contribution >= 0.6 is 66.2 Å². The molecule has 0 aliphatic carbocycles. The molecule has 1 amide bonds. The van der Waals surface area contributed by atoms with Crippen LogP contribution in [-0.4, -0.2) is 11.1 Å². The van der Waals surface area contributed by atoms with Gasteiger partial charge in [0.1, 0.15) is 12.4 Å².